The van der Waals surface area contributed by atoms with Crippen LogP contribution in [0.15, 0.2) is 17.0 Å². The number of carbonyl (C=O) groups excluding carboxylic acids is 1. The summed E-state index contributed by atoms with van der Waals surface area (Å²) in [7, 11) is -2.04. The van der Waals surface area contributed by atoms with Crippen LogP contribution < -0.4 is 4.74 Å². The van der Waals surface area contributed by atoms with Gasteiger partial charge in [0.05, 0.1) is 21.8 Å². The number of hydrogen-bond acceptors (Lipinski definition) is 5. The zero-order chi connectivity index (χ0) is 18.1. The number of fused-ring (bicyclic) bond motifs is 1. The van der Waals surface area contributed by atoms with Gasteiger partial charge >= 0.3 is 0 Å². The summed E-state index contributed by atoms with van der Waals surface area (Å²) in [6.45, 7) is 6.36. The van der Waals surface area contributed by atoms with Gasteiger partial charge in [-0.2, -0.15) is 0 Å². The highest BCUT2D eigenvalue weighted by Gasteiger charge is 2.44. The number of carbonyl (C=O) groups is 1. The first-order valence-electron chi connectivity index (χ1n) is 7.81. The molecule has 0 saturated carbocycles. The molecule has 24 heavy (non-hydrogen) atoms. The molecule has 0 radical (unpaired) electrons. The molecule has 1 heterocycles. The van der Waals surface area contributed by atoms with Crippen LogP contribution in [0.1, 0.15) is 44.0 Å². The minimum atomic E-state index is -3.63. The first-order chi connectivity index (χ1) is 11.1. The van der Waals surface area contributed by atoms with Gasteiger partial charge < -0.3 is 9.47 Å². The quantitative estimate of drug-likeness (QED) is 0.737. The molecule has 1 aromatic carbocycles. The van der Waals surface area contributed by atoms with Crippen LogP contribution in [-0.2, 0) is 14.6 Å². The number of ketones is 1. The average Bonchev–Trinajstić information content (AvgIpc) is 2.47. The Labute approximate surface area is 148 Å². The highest BCUT2D eigenvalue weighted by molar-refractivity contribution is 7.92. The third-order valence-electron chi connectivity index (χ3n) is 4.10. The molecular formula is C17H23ClO5S. The zero-order valence-electron chi connectivity index (χ0n) is 14.4. The van der Waals surface area contributed by atoms with Gasteiger partial charge in [-0.3, -0.25) is 4.79 Å². The Morgan fingerprint density at radius 3 is 2.50 bits per heavy atom. The van der Waals surface area contributed by atoms with Crippen LogP contribution in [0, 0.1) is 5.41 Å². The molecule has 1 aliphatic rings. The first-order valence-corrected chi connectivity index (χ1v) is 9.74. The summed E-state index contributed by atoms with van der Waals surface area (Å²) in [4.78, 5) is 12.4. The lowest BCUT2D eigenvalue weighted by molar-refractivity contribution is 0.0959. The van der Waals surface area contributed by atoms with Crippen LogP contribution in [0.2, 0.25) is 5.02 Å². The van der Waals surface area contributed by atoms with Gasteiger partial charge in [0.1, 0.15) is 5.75 Å². The number of hydrogen-bond donors (Lipinski definition) is 0. The monoisotopic (exact) mass is 374 g/mol. The van der Waals surface area contributed by atoms with Crippen molar-refractivity contribution in [2.75, 3.05) is 20.3 Å². The van der Waals surface area contributed by atoms with Crippen molar-refractivity contribution in [3.05, 3.63) is 22.7 Å². The van der Waals surface area contributed by atoms with Crippen molar-refractivity contribution in [2.24, 2.45) is 5.41 Å². The molecule has 1 atom stereocenters. The molecule has 0 spiro atoms. The van der Waals surface area contributed by atoms with Gasteiger partial charge in [0.2, 0.25) is 0 Å². The highest BCUT2D eigenvalue weighted by atomic mass is 35.5. The van der Waals surface area contributed by atoms with Crippen molar-refractivity contribution < 1.29 is 22.7 Å². The van der Waals surface area contributed by atoms with Crippen molar-refractivity contribution in [1.29, 1.82) is 0 Å². The Bertz CT molecular complexity index is 734. The van der Waals surface area contributed by atoms with Crippen LogP contribution in [0.4, 0.5) is 0 Å². The molecule has 0 fully saturated rings. The fourth-order valence-electron chi connectivity index (χ4n) is 2.80. The largest absolute Gasteiger partial charge is 0.492 e. The SMILES string of the molecule is COCCCOc1cc2c(cc1Cl)C(=O)CC(C(C)(C)C)S2(=O)=O. The lowest BCUT2D eigenvalue weighted by Gasteiger charge is -2.33. The third-order valence-corrected chi connectivity index (χ3v) is 6.97. The Morgan fingerprint density at radius 1 is 1.25 bits per heavy atom. The fraction of sp³-hybridized carbons (Fsp3) is 0.588. The van der Waals surface area contributed by atoms with Crippen molar-refractivity contribution in [1.82, 2.24) is 0 Å². The van der Waals surface area contributed by atoms with Crippen molar-refractivity contribution in [3.63, 3.8) is 0 Å². The topological polar surface area (TPSA) is 69.7 Å². The van der Waals surface area contributed by atoms with E-state index in [-0.39, 0.29) is 33.4 Å². The van der Waals surface area contributed by atoms with Crippen LogP contribution >= 0.6 is 11.6 Å². The third kappa shape index (κ3) is 3.76. The highest BCUT2D eigenvalue weighted by Crippen LogP contribution is 2.42. The van der Waals surface area contributed by atoms with Crippen LogP contribution in [0.3, 0.4) is 0 Å². The second kappa shape index (κ2) is 7.02. The molecule has 134 valence electrons. The number of halogens is 1. The maximum absolute atomic E-state index is 13.0. The molecule has 7 heteroatoms. The number of benzene rings is 1. The molecule has 0 amide bonds. The maximum atomic E-state index is 13.0. The molecule has 0 aliphatic carbocycles. The van der Waals surface area contributed by atoms with E-state index in [9.17, 15) is 13.2 Å². The van der Waals surface area contributed by atoms with Gasteiger partial charge in [-0.15, -0.1) is 0 Å². The summed E-state index contributed by atoms with van der Waals surface area (Å²) in [5.41, 5.74) is -0.379. The molecule has 0 N–H and O–H groups in total. The molecule has 5 nitrogen and oxygen atoms in total. The van der Waals surface area contributed by atoms with E-state index in [1.54, 1.807) is 7.11 Å². The van der Waals surface area contributed by atoms with Gasteiger partial charge in [-0.1, -0.05) is 32.4 Å². The molecule has 2 rings (SSSR count). The lowest BCUT2D eigenvalue weighted by Crippen LogP contribution is -2.40. The summed E-state index contributed by atoms with van der Waals surface area (Å²) < 4.78 is 36.4. The van der Waals surface area contributed by atoms with Crippen LogP contribution in [-0.4, -0.2) is 39.8 Å². The molecule has 0 saturated heterocycles. The molecule has 1 aromatic rings. The summed E-state index contributed by atoms with van der Waals surface area (Å²) in [6, 6.07) is 2.79. The first kappa shape index (κ1) is 19.2. The van der Waals surface area contributed by atoms with E-state index < -0.39 is 20.5 Å². The van der Waals surface area contributed by atoms with E-state index in [1.807, 2.05) is 20.8 Å². The van der Waals surface area contributed by atoms with Gasteiger partial charge in [0.25, 0.3) is 0 Å². The van der Waals surface area contributed by atoms with E-state index in [4.69, 9.17) is 21.1 Å². The van der Waals surface area contributed by atoms with E-state index in [0.717, 1.165) is 0 Å². The van der Waals surface area contributed by atoms with E-state index >= 15 is 0 Å². The van der Waals surface area contributed by atoms with Crippen molar-refractivity contribution >= 4 is 27.2 Å². The average molecular weight is 375 g/mol. The van der Waals surface area contributed by atoms with E-state index in [1.165, 1.54) is 12.1 Å². The summed E-state index contributed by atoms with van der Waals surface area (Å²) in [5.74, 6) is 0.0741. The number of sulfone groups is 1. The van der Waals surface area contributed by atoms with Crippen molar-refractivity contribution in [2.45, 2.75) is 43.8 Å². The molecule has 1 unspecified atom stereocenters. The Hall–Kier alpha value is -1.11. The lowest BCUT2D eigenvalue weighted by atomic mass is 9.87. The molecular weight excluding hydrogens is 352 g/mol. The van der Waals surface area contributed by atoms with Gasteiger partial charge in [0, 0.05) is 38.2 Å². The van der Waals surface area contributed by atoms with Crippen molar-refractivity contribution in [3.8, 4) is 5.75 Å². The molecule has 0 bridgehead atoms. The smallest absolute Gasteiger partial charge is 0.183 e. The number of ether oxygens (including phenoxy) is 2. The number of rotatable bonds is 5. The summed E-state index contributed by atoms with van der Waals surface area (Å²) >= 11 is 6.16. The Kier molecular flexibility index (Phi) is 5.62. The summed E-state index contributed by atoms with van der Waals surface area (Å²) in [6.07, 6.45) is 0.628. The van der Waals surface area contributed by atoms with Gasteiger partial charge in [-0.25, -0.2) is 8.42 Å². The zero-order valence-corrected chi connectivity index (χ0v) is 16.0. The minimum Gasteiger partial charge on any atom is -0.492 e. The Balaban J connectivity index is 2.43. The Morgan fingerprint density at radius 2 is 1.92 bits per heavy atom. The van der Waals surface area contributed by atoms with Crippen LogP contribution in [0.5, 0.6) is 5.75 Å². The second-order valence-corrected chi connectivity index (χ2v) is 9.51. The number of methoxy groups -OCH3 is 1. The fourth-order valence-corrected chi connectivity index (χ4v) is 5.37. The standard InChI is InChI=1S/C17H23ClO5S/c1-17(2,3)16-9-13(19)11-8-12(18)14(23-7-5-6-22-4)10-15(11)24(16,20)21/h8,10,16H,5-7,9H2,1-4H3. The second-order valence-electron chi connectivity index (χ2n) is 7.00. The molecule has 0 aromatic heterocycles. The maximum Gasteiger partial charge on any atom is 0.183 e. The predicted octanol–water partition coefficient (Wildman–Crippen LogP) is 3.53. The van der Waals surface area contributed by atoms with Gasteiger partial charge in [-0.05, 0) is 11.5 Å². The normalized spacial score (nSPS) is 19.9. The molecule has 1 aliphatic heterocycles. The minimum absolute atomic E-state index is 0.0183. The van der Waals surface area contributed by atoms with Gasteiger partial charge in [0.15, 0.2) is 15.6 Å². The summed E-state index contributed by atoms with van der Waals surface area (Å²) in [5, 5.41) is -0.517. The van der Waals surface area contributed by atoms with E-state index in [2.05, 4.69) is 0 Å². The number of Topliss-reactive ketones (excluding diaryl/α,β-unsaturated/α-hetero) is 1. The van der Waals surface area contributed by atoms with E-state index in [0.29, 0.717) is 19.6 Å². The van der Waals surface area contributed by atoms with Crippen LogP contribution in [0.25, 0.3) is 0 Å². The predicted molar refractivity (Wildman–Crippen MR) is 92.8 cm³/mol.